The second-order valence-electron chi connectivity index (χ2n) is 5.93. The number of nitrogens with zero attached hydrogens (tertiary/aromatic N) is 1. The Kier molecular flexibility index (Phi) is 5.35. The number of nitrogens with one attached hydrogen (secondary N) is 1. The van der Waals surface area contributed by atoms with Crippen LogP contribution in [0.2, 0.25) is 0 Å². The summed E-state index contributed by atoms with van der Waals surface area (Å²) in [5.41, 5.74) is 3.72. The first-order valence-electron chi connectivity index (χ1n) is 8.56. The number of fused-ring (bicyclic) bond motifs is 1. The van der Waals surface area contributed by atoms with Crippen molar-refractivity contribution < 1.29 is 19.1 Å². The van der Waals surface area contributed by atoms with Crippen molar-refractivity contribution in [3.8, 4) is 0 Å². The fraction of sp³-hybridized carbons (Fsp3) is 0.190. The number of carbonyl (C=O) groups is 2. The second kappa shape index (κ2) is 7.86. The van der Waals surface area contributed by atoms with Crippen LogP contribution in [0.25, 0.3) is 10.9 Å². The summed E-state index contributed by atoms with van der Waals surface area (Å²) in [6.45, 7) is 3.97. The molecule has 0 amide bonds. The number of hydrogen-bond donors (Lipinski definition) is 1. The lowest BCUT2D eigenvalue weighted by Crippen LogP contribution is -2.10. The van der Waals surface area contributed by atoms with Gasteiger partial charge in [0.05, 0.1) is 30.5 Å². The van der Waals surface area contributed by atoms with E-state index in [9.17, 15) is 9.59 Å². The van der Waals surface area contributed by atoms with E-state index >= 15 is 0 Å². The summed E-state index contributed by atoms with van der Waals surface area (Å²) in [5, 5.41) is 3.95. The highest BCUT2D eigenvalue weighted by molar-refractivity contribution is 6.07. The van der Waals surface area contributed by atoms with Crippen molar-refractivity contribution in [2.24, 2.45) is 0 Å². The van der Waals surface area contributed by atoms with Crippen LogP contribution < -0.4 is 5.32 Å². The third-order valence-electron chi connectivity index (χ3n) is 4.19. The van der Waals surface area contributed by atoms with Crippen LogP contribution >= 0.6 is 0 Å². The summed E-state index contributed by atoms with van der Waals surface area (Å²) >= 11 is 0. The van der Waals surface area contributed by atoms with E-state index < -0.39 is 11.9 Å². The molecular weight excluding hydrogens is 344 g/mol. The molecule has 1 aromatic heterocycles. The molecule has 0 aliphatic heterocycles. The summed E-state index contributed by atoms with van der Waals surface area (Å²) in [7, 11) is 1.33. The van der Waals surface area contributed by atoms with Crippen molar-refractivity contribution in [1.82, 2.24) is 4.98 Å². The lowest BCUT2D eigenvalue weighted by Gasteiger charge is -2.16. The van der Waals surface area contributed by atoms with Gasteiger partial charge >= 0.3 is 11.9 Å². The largest absolute Gasteiger partial charge is 0.465 e. The van der Waals surface area contributed by atoms with E-state index in [1.165, 1.54) is 13.3 Å². The maximum atomic E-state index is 12.5. The number of benzene rings is 2. The monoisotopic (exact) mass is 364 g/mol. The molecule has 0 radical (unpaired) electrons. The fourth-order valence-corrected chi connectivity index (χ4v) is 2.78. The predicted octanol–water partition coefficient (Wildman–Crippen LogP) is 4.25. The number of esters is 2. The van der Waals surface area contributed by atoms with Crippen molar-refractivity contribution in [2.45, 2.75) is 13.8 Å². The minimum atomic E-state index is -0.480. The van der Waals surface area contributed by atoms with Gasteiger partial charge in [-0.25, -0.2) is 9.59 Å². The van der Waals surface area contributed by atoms with Crippen LogP contribution in [0.3, 0.4) is 0 Å². The summed E-state index contributed by atoms with van der Waals surface area (Å²) in [4.78, 5) is 28.8. The minimum absolute atomic E-state index is 0.253. The molecule has 138 valence electrons. The predicted molar refractivity (Wildman–Crippen MR) is 104 cm³/mol. The van der Waals surface area contributed by atoms with E-state index in [0.29, 0.717) is 27.7 Å². The molecule has 27 heavy (non-hydrogen) atoms. The van der Waals surface area contributed by atoms with Gasteiger partial charge in [0.2, 0.25) is 0 Å². The second-order valence-corrected chi connectivity index (χ2v) is 5.93. The summed E-state index contributed by atoms with van der Waals surface area (Å²) < 4.78 is 9.98. The summed E-state index contributed by atoms with van der Waals surface area (Å²) in [6.07, 6.45) is 1.48. The number of para-hydroxylation sites is 1. The zero-order chi connectivity index (χ0) is 19.4. The van der Waals surface area contributed by atoms with Crippen LogP contribution in [0.4, 0.5) is 11.4 Å². The average molecular weight is 364 g/mol. The van der Waals surface area contributed by atoms with Crippen LogP contribution in [0.1, 0.15) is 33.2 Å². The van der Waals surface area contributed by atoms with Gasteiger partial charge in [-0.3, -0.25) is 4.98 Å². The number of ether oxygens (including phenoxy) is 2. The van der Waals surface area contributed by atoms with Crippen molar-refractivity contribution in [2.75, 3.05) is 19.0 Å². The molecule has 2 aromatic carbocycles. The maximum Gasteiger partial charge on any atom is 0.341 e. The van der Waals surface area contributed by atoms with E-state index in [1.807, 2.05) is 31.2 Å². The minimum Gasteiger partial charge on any atom is -0.465 e. The lowest BCUT2D eigenvalue weighted by atomic mass is 10.1. The third-order valence-corrected chi connectivity index (χ3v) is 4.19. The van der Waals surface area contributed by atoms with Crippen molar-refractivity contribution in [1.29, 1.82) is 0 Å². The molecule has 0 bridgehead atoms. The molecule has 0 atom stereocenters. The molecule has 0 spiro atoms. The normalized spacial score (nSPS) is 10.5. The van der Waals surface area contributed by atoms with E-state index in [1.54, 1.807) is 25.1 Å². The Morgan fingerprint density at radius 1 is 1.11 bits per heavy atom. The Hall–Kier alpha value is -3.41. The Labute approximate surface area is 157 Å². The van der Waals surface area contributed by atoms with Crippen LogP contribution in [-0.2, 0) is 9.47 Å². The first-order chi connectivity index (χ1) is 13.0. The number of anilines is 2. The number of hydrogen-bond acceptors (Lipinski definition) is 6. The van der Waals surface area contributed by atoms with Gasteiger partial charge in [-0.05, 0) is 43.7 Å². The number of rotatable bonds is 5. The molecule has 0 unspecified atom stereocenters. The zero-order valence-corrected chi connectivity index (χ0v) is 15.4. The third kappa shape index (κ3) is 3.74. The Morgan fingerprint density at radius 3 is 2.59 bits per heavy atom. The van der Waals surface area contributed by atoms with Crippen LogP contribution in [0.5, 0.6) is 0 Å². The standard InChI is InChI=1S/C21H20N2O4/c1-4-27-21(25)16-12-22-18-10-9-14(20(24)26-3)11-15(18)19(16)23-17-8-6-5-7-13(17)2/h5-12H,4H2,1-3H3,(H,22,23). The van der Waals surface area contributed by atoms with Crippen LogP contribution in [0.15, 0.2) is 48.7 Å². The zero-order valence-electron chi connectivity index (χ0n) is 15.4. The smallest absolute Gasteiger partial charge is 0.341 e. The highest BCUT2D eigenvalue weighted by Gasteiger charge is 2.19. The molecule has 0 saturated heterocycles. The fourth-order valence-electron chi connectivity index (χ4n) is 2.78. The van der Waals surface area contributed by atoms with Gasteiger partial charge in [-0.15, -0.1) is 0 Å². The number of pyridine rings is 1. The number of methoxy groups -OCH3 is 1. The van der Waals surface area contributed by atoms with Crippen molar-refractivity contribution in [3.05, 3.63) is 65.4 Å². The molecule has 1 heterocycles. The Morgan fingerprint density at radius 2 is 1.89 bits per heavy atom. The SMILES string of the molecule is CCOC(=O)c1cnc2ccc(C(=O)OC)cc2c1Nc1ccccc1C. The molecule has 0 saturated carbocycles. The lowest BCUT2D eigenvalue weighted by molar-refractivity contribution is 0.0526. The molecule has 0 aliphatic rings. The van der Waals surface area contributed by atoms with Gasteiger partial charge in [0.25, 0.3) is 0 Å². The van der Waals surface area contributed by atoms with Gasteiger partial charge in [-0.2, -0.15) is 0 Å². The molecule has 3 rings (SSSR count). The Balaban J connectivity index is 2.22. The Bertz CT molecular complexity index is 1010. The van der Waals surface area contributed by atoms with E-state index in [4.69, 9.17) is 9.47 Å². The van der Waals surface area contributed by atoms with Gasteiger partial charge < -0.3 is 14.8 Å². The molecule has 3 aromatic rings. The summed E-state index contributed by atoms with van der Waals surface area (Å²) in [5.74, 6) is -0.938. The van der Waals surface area contributed by atoms with Crippen molar-refractivity contribution >= 4 is 34.2 Å². The molecule has 0 fully saturated rings. The number of carbonyl (C=O) groups excluding carboxylic acids is 2. The quantitative estimate of drug-likeness (QED) is 0.682. The van der Waals surface area contributed by atoms with E-state index in [0.717, 1.165) is 11.3 Å². The molecule has 6 heteroatoms. The van der Waals surface area contributed by atoms with E-state index in [-0.39, 0.29) is 6.61 Å². The molecule has 6 nitrogen and oxygen atoms in total. The van der Waals surface area contributed by atoms with E-state index in [2.05, 4.69) is 10.3 Å². The maximum absolute atomic E-state index is 12.5. The van der Waals surface area contributed by atoms with Gasteiger partial charge in [0.15, 0.2) is 0 Å². The van der Waals surface area contributed by atoms with Gasteiger partial charge in [0, 0.05) is 17.3 Å². The topological polar surface area (TPSA) is 77.5 Å². The summed E-state index contributed by atoms with van der Waals surface area (Å²) in [6, 6.07) is 12.8. The highest BCUT2D eigenvalue weighted by atomic mass is 16.5. The van der Waals surface area contributed by atoms with Crippen molar-refractivity contribution in [3.63, 3.8) is 0 Å². The molecular formula is C21H20N2O4. The van der Waals surface area contributed by atoms with Gasteiger partial charge in [0.1, 0.15) is 5.56 Å². The highest BCUT2D eigenvalue weighted by Crippen LogP contribution is 2.31. The van der Waals surface area contributed by atoms with Crippen LogP contribution in [0, 0.1) is 6.92 Å². The molecule has 0 aliphatic carbocycles. The first kappa shape index (κ1) is 18.4. The number of aromatic nitrogens is 1. The first-order valence-corrected chi connectivity index (χ1v) is 8.56. The van der Waals surface area contributed by atoms with Gasteiger partial charge in [-0.1, -0.05) is 18.2 Å². The molecule has 1 N–H and O–H groups in total. The van der Waals surface area contributed by atoms with Crippen LogP contribution in [-0.4, -0.2) is 30.6 Å². The number of aryl methyl sites for hydroxylation is 1. The average Bonchev–Trinajstić information content (AvgIpc) is 2.69.